The lowest BCUT2D eigenvalue weighted by Crippen LogP contribution is -2.31. The van der Waals surface area contributed by atoms with Crippen LogP contribution in [0.2, 0.25) is 0 Å². The van der Waals surface area contributed by atoms with Gasteiger partial charge in [0, 0.05) is 12.7 Å². The van der Waals surface area contributed by atoms with Crippen LogP contribution in [0.15, 0.2) is 47.4 Å². The molecule has 1 aromatic carbocycles. The Morgan fingerprint density at radius 3 is 2.75 bits per heavy atom. The summed E-state index contributed by atoms with van der Waals surface area (Å²) in [6.07, 6.45) is 1.58. The summed E-state index contributed by atoms with van der Waals surface area (Å²) >= 11 is 0. The quantitative estimate of drug-likeness (QED) is 0.771. The van der Waals surface area contributed by atoms with E-state index in [2.05, 4.69) is 10.3 Å². The van der Waals surface area contributed by atoms with Crippen LogP contribution in [0, 0.1) is 13.8 Å². The van der Waals surface area contributed by atoms with Gasteiger partial charge in [0.05, 0.1) is 0 Å². The standard InChI is InChI=1S/C18H17N3O3/c1-11-4-3-5-13(8-11)9-19-16(22)15-17(23)20-14-7-6-12(2)10-21(14)18(15)24/h3-8,10,23H,9H2,1-2H3,(H,19,22). The number of fused-ring (bicyclic) bond motifs is 1. The Bertz CT molecular complexity index is 992. The van der Waals surface area contributed by atoms with Crippen LogP contribution in [0.3, 0.4) is 0 Å². The molecule has 6 heteroatoms. The van der Waals surface area contributed by atoms with Crippen molar-refractivity contribution in [2.24, 2.45) is 0 Å². The fourth-order valence-electron chi connectivity index (χ4n) is 2.52. The molecule has 0 radical (unpaired) electrons. The number of amides is 1. The van der Waals surface area contributed by atoms with Crippen LogP contribution in [-0.2, 0) is 6.54 Å². The van der Waals surface area contributed by atoms with Gasteiger partial charge in [-0.1, -0.05) is 35.9 Å². The molecule has 6 nitrogen and oxygen atoms in total. The minimum absolute atomic E-state index is 0.260. The maximum Gasteiger partial charge on any atom is 0.274 e. The second-order valence-corrected chi connectivity index (χ2v) is 5.72. The van der Waals surface area contributed by atoms with Crippen LogP contribution in [0.4, 0.5) is 0 Å². The van der Waals surface area contributed by atoms with Gasteiger partial charge < -0.3 is 10.4 Å². The molecule has 24 heavy (non-hydrogen) atoms. The molecule has 0 bridgehead atoms. The lowest BCUT2D eigenvalue weighted by atomic mass is 10.1. The molecule has 0 spiro atoms. The van der Waals surface area contributed by atoms with Crippen LogP contribution >= 0.6 is 0 Å². The zero-order chi connectivity index (χ0) is 17.3. The van der Waals surface area contributed by atoms with Crippen LogP contribution in [0.1, 0.15) is 27.0 Å². The van der Waals surface area contributed by atoms with Gasteiger partial charge in [-0.2, -0.15) is 4.98 Å². The van der Waals surface area contributed by atoms with Crippen LogP contribution in [0.5, 0.6) is 5.88 Å². The van der Waals surface area contributed by atoms with Gasteiger partial charge in [0.15, 0.2) is 5.56 Å². The third kappa shape index (κ3) is 2.99. The maximum atomic E-state index is 12.5. The largest absolute Gasteiger partial charge is 0.493 e. The molecule has 1 amide bonds. The maximum absolute atomic E-state index is 12.5. The third-order valence-corrected chi connectivity index (χ3v) is 3.71. The number of aromatic hydroxyl groups is 1. The monoisotopic (exact) mass is 323 g/mol. The van der Waals surface area contributed by atoms with Gasteiger partial charge in [0.25, 0.3) is 11.5 Å². The number of hydrogen-bond acceptors (Lipinski definition) is 4. The van der Waals surface area contributed by atoms with Crippen LogP contribution in [-0.4, -0.2) is 20.4 Å². The zero-order valence-electron chi connectivity index (χ0n) is 13.4. The van der Waals surface area contributed by atoms with Crippen molar-refractivity contribution in [1.82, 2.24) is 14.7 Å². The highest BCUT2D eigenvalue weighted by atomic mass is 16.3. The first-order chi connectivity index (χ1) is 11.5. The lowest BCUT2D eigenvalue weighted by Gasteiger charge is -2.09. The number of benzene rings is 1. The van der Waals surface area contributed by atoms with Gasteiger partial charge in [-0.05, 0) is 31.0 Å². The molecule has 3 aromatic rings. The number of pyridine rings is 1. The van der Waals surface area contributed by atoms with E-state index in [0.717, 1.165) is 16.7 Å². The fourth-order valence-corrected chi connectivity index (χ4v) is 2.52. The fraction of sp³-hybridized carbons (Fsp3) is 0.167. The summed E-state index contributed by atoms with van der Waals surface area (Å²) in [6, 6.07) is 11.1. The minimum atomic E-state index is -0.651. The van der Waals surface area contributed by atoms with Crippen molar-refractivity contribution in [2.45, 2.75) is 20.4 Å². The average Bonchev–Trinajstić information content (AvgIpc) is 2.54. The third-order valence-electron chi connectivity index (χ3n) is 3.71. The molecule has 0 unspecified atom stereocenters. The first-order valence-corrected chi connectivity index (χ1v) is 7.51. The molecule has 0 atom stereocenters. The Labute approximate surface area is 138 Å². The smallest absolute Gasteiger partial charge is 0.274 e. The molecular weight excluding hydrogens is 306 g/mol. The summed E-state index contributed by atoms with van der Waals surface area (Å²) in [4.78, 5) is 28.8. The Balaban J connectivity index is 1.93. The van der Waals surface area contributed by atoms with Gasteiger partial charge in [-0.15, -0.1) is 0 Å². The first kappa shape index (κ1) is 15.7. The summed E-state index contributed by atoms with van der Waals surface area (Å²) in [5.74, 6) is -1.21. The topological polar surface area (TPSA) is 83.7 Å². The summed E-state index contributed by atoms with van der Waals surface area (Å²) in [5.41, 5.74) is 2.18. The van der Waals surface area contributed by atoms with E-state index in [1.807, 2.05) is 38.1 Å². The number of nitrogens with zero attached hydrogens (tertiary/aromatic N) is 2. The Morgan fingerprint density at radius 1 is 1.21 bits per heavy atom. The number of carbonyl (C=O) groups excluding carboxylic acids is 1. The molecule has 122 valence electrons. The van der Waals surface area contributed by atoms with E-state index in [4.69, 9.17) is 0 Å². The van der Waals surface area contributed by atoms with Crippen molar-refractivity contribution >= 4 is 11.6 Å². The van der Waals surface area contributed by atoms with Crippen molar-refractivity contribution in [2.75, 3.05) is 0 Å². The molecule has 2 N–H and O–H groups in total. The molecule has 0 aliphatic rings. The summed E-state index contributed by atoms with van der Waals surface area (Å²) in [7, 11) is 0. The van der Waals surface area contributed by atoms with E-state index in [1.54, 1.807) is 18.3 Å². The minimum Gasteiger partial charge on any atom is -0.493 e. The van der Waals surface area contributed by atoms with Gasteiger partial charge in [-0.25, -0.2) is 0 Å². The number of nitrogens with one attached hydrogen (secondary N) is 1. The van der Waals surface area contributed by atoms with Crippen molar-refractivity contribution in [3.05, 3.63) is 75.2 Å². The van der Waals surface area contributed by atoms with E-state index in [0.29, 0.717) is 5.65 Å². The Morgan fingerprint density at radius 2 is 2.00 bits per heavy atom. The van der Waals surface area contributed by atoms with Crippen molar-refractivity contribution < 1.29 is 9.90 Å². The number of aromatic nitrogens is 2. The molecule has 0 fully saturated rings. The number of rotatable bonds is 3. The van der Waals surface area contributed by atoms with E-state index in [9.17, 15) is 14.7 Å². The van der Waals surface area contributed by atoms with Crippen molar-refractivity contribution in [3.8, 4) is 5.88 Å². The average molecular weight is 323 g/mol. The van der Waals surface area contributed by atoms with Crippen molar-refractivity contribution in [1.29, 1.82) is 0 Å². The summed E-state index contributed by atoms with van der Waals surface area (Å²) in [5, 5.41) is 12.6. The molecule has 0 saturated carbocycles. The number of aryl methyl sites for hydroxylation is 2. The zero-order valence-corrected chi connectivity index (χ0v) is 13.4. The first-order valence-electron chi connectivity index (χ1n) is 7.51. The van der Waals surface area contributed by atoms with Gasteiger partial charge >= 0.3 is 0 Å². The molecule has 2 aromatic heterocycles. The van der Waals surface area contributed by atoms with Crippen molar-refractivity contribution in [3.63, 3.8) is 0 Å². The highest BCUT2D eigenvalue weighted by Gasteiger charge is 2.19. The highest BCUT2D eigenvalue weighted by Crippen LogP contribution is 2.12. The van der Waals surface area contributed by atoms with E-state index >= 15 is 0 Å². The molecule has 3 rings (SSSR count). The van der Waals surface area contributed by atoms with E-state index in [-0.39, 0.29) is 12.1 Å². The molecule has 0 aliphatic carbocycles. The molecule has 0 saturated heterocycles. The Hall–Kier alpha value is -3.15. The van der Waals surface area contributed by atoms with E-state index < -0.39 is 17.3 Å². The molecule has 2 heterocycles. The highest BCUT2D eigenvalue weighted by molar-refractivity contribution is 5.96. The SMILES string of the molecule is Cc1cccc(CNC(=O)c2c(O)nc3ccc(C)cn3c2=O)c1. The van der Waals surface area contributed by atoms with Gasteiger partial charge in [-0.3, -0.25) is 14.0 Å². The number of hydrogen-bond donors (Lipinski definition) is 2. The predicted molar refractivity (Wildman–Crippen MR) is 90.2 cm³/mol. The van der Waals surface area contributed by atoms with E-state index in [1.165, 1.54) is 4.40 Å². The summed E-state index contributed by atoms with van der Waals surface area (Å²) in [6.45, 7) is 4.05. The second-order valence-electron chi connectivity index (χ2n) is 5.72. The Kier molecular flexibility index (Phi) is 4.04. The molecular formula is C18H17N3O3. The lowest BCUT2D eigenvalue weighted by molar-refractivity contribution is 0.0945. The van der Waals surface area contributed by atoms with Crippen LogP contribution < -0.4 is 10.9 Å². The van der Waals surface area contributed by atoms with Gasteiger partial charge in [0.2, 0.25) is 5.88 Å². The molecule has 0 aliphatic heterocycles. The predicted octanol–water partition coefficient (Wildman–Crippen LogP) is 1.95. The summed E-state index contributed by atoms with van der Waals surface area (Å²) < 4.78 is 1.26. The second kappa shape index (κ2) is 6.16. The normalized spacial score (nSPS) is 10.8. The van der Waals surface area contributed by atoms with Crippen LogP contribution in [0.25, 0.3) is 5.65 Å². The van der Waals surface area contributed by atoms with Gasteiger partial charge in [0.1, 0.15) is 5.65 Å². The number of carbonyl (C=O) groups is 1.